The van der Waals surface area contributed by atoms with Gasteiger partial charge in [-0.25, -0.2) is 4.79 Å². The van der Waals surface area contributed by atoms with Gasteiger partial charge >= 0.3 is 5.97 Å². The Bertz CT molecular complexity index is 1150. The highest BCUT2D eigenvalue weighted by atomic mass is 32.2. The van der Waals surface area contributed by atoms with Crippen molar-refractivity contribution in [2.24, 2.45) is 11.8 Å². The van der Waals surface area contributed by atoms with E-state index in [0.717, 1.165) is 10.6 Å². The number of benzene rings is 1. The molecule has 1 N–H and O–H groups in total. The number of aromatic nitrogens is 2. The number of nitro groups is 1. The average molecular weight is 499 g/mol. The fraction of sp³-hybridized carbons (Fsp3) is 0.417. The van der Waals surface area contributed by atoms with Crippen LogP contribution in [0.2, 0.25) is 0 Å². The SMILES string of the molecule is CC(Cc1cccnn1)SC1=C(C(=O)OCc2ccc([N+](=O)[O-])cc2)N2C(=O)[C@H]([C@@H](C)O)[C@H]2[C@H]1C. The van der Waals surface area contributed by atoms with Crippen LogP contribution in [-0.2, 0) is 27.4 Å². The summed E-state index contributed by atoms with van der Waals surface area (Å²) in [6.07, 6.45) is 1.40. The maximum Gasteiger partial charge on any atom is 0.356 e. The number of carbonyl (C=O) groups excluding carboxylic acids is 2. The first-order valence-corrected chi connectivity index (χ1v) is 12.2. The van der Waals surface area contributed by atoms with E-state index in [4.69, 9.17) is 4.74 Å². The van der Waals surface area contributed by atoms with E-state index >= 15 is 0 Å². The monoisotopic (exact) mass is 498 g/mol. The van der Waals surface area contributed by atoms with Gasteiger partial charge in [0.2, 0.25) is 5.91 Å². The third kappa shape index (κ3) is 4.92. The summed E-state index contributed by atoms with van der Waals surface area (Å²) >= 11 is 1.50. The molecule has 1 fully saturated rings. The quantitative estimate of drug-likeness (QED) is 0.239. The van der Waals surface area contributed by atoms with Crippen LogP contribution in [-0.4, -0.2) is 54.4 Å². The molecule has 11 heteroatoms. The van der Waals surface area contributed by atoms with E-state index in [2.05, 4.69) is 10.2 Å². The van der Waals surface area contributed by atoms with Crippen LogP contribution in [0.4, 0.5) is 5.69 Å². The molecule has 1 aromatic carbocycles. The van der Waals surface area contributed by atoms with Crippen molar-refractivity contribution in [2.45, 2.75) is 51.2 Å². The van der Waals surface area contributed by atoms with Crippen LogP contribution in [0.1, 0.15) is 32.0 Å². The Kier molecular flexibility index (Phi) is 7.18. The third-order valence-electron chi connectivity index (χ3n) is 6.27. The molecule has 4 rings (SSSR count). The van der Waals surface area contributed by atoms with Gasteiger partial charge in [-0.15, -0.1) is 11.8 Å². The number of fused-ring (bicyclic) bond motifs is 1. The third-order valence-corrected chi connectivity index (χ3v) is 7.66. The van der Waals surface area contributed by atoms with Crippen molar-refractivity contribution in [3.8, 4) is 0 Å². The number of esters is 1. The van der Waals surface area contributed by atoms with Crippen LogP contribution in [0.5, 0.6) is 0 Å². The number of aliphatic hydroxyl groups is 1. The van der Waals surface area contributed by atoms with Crippen LogP contribution in [0, 0.1) is 22.0 Å². The molecular weight excluding hydrogens is 472 g/mol. The smallest absolute Gasteiger partial charge is 0.356 e. The summed E-state index contributed by atoms with van der Waals surface area (Å²) in [5, 5.41) is 29.1. The number of β-lactam (4-membered cyclic amide) rings is 1. The fourth-order valence-electron chi connectivity index (χ4n) is 4.60. The lowest BCUT2D eigenvalue weighted by Gasteiger charge is -2.46. The van der Waals surface area contributed by atoms with E-state index in [-0.39, 0.29) is 41.1 Å². The second-order valence-corrected chi connectivity index (χ2v) is 10.3. The standard InChI is InChI=1S/C24H26N4O6S/c1-13(11-17-5-4-10-25-26-17)35-22-14(2)20-19(15(3)29)23(30)27(20)21(22)24(31)34-12-16-6-8-18(9-7-16)28(32)33/h4-10,13-15,19-20,29H,11-12H2,1-3H3/t13?,14-,15-,19-,20-/m1/s1. The molecule has 0 spiro atoms. The van der Waals surface area contributed by atoms with Crippen molar-refractivity contribution in [1.29, 1.82) is 0 Å². The van der Waals surface area contributed by atoms with Crippen molar-refractivity contribution < 1.29 is 24.4 Å². The number of carbonyl (C=O) groups is 2. The number of hydrogen-bond acceptors (Lipinski definition) is 9. The average Bonchev–Trinajstić information content (AvgIpc) is 3.06. The topological polar surface area (TPSA) is 136 Å². The van der Waals surface area contributed by atoms with E-state index in [1.165, 1.54) is 40.9 Å². The van der Waals surface area contributed by atoms with E-state index in [1.54, 1.807) is 13.1 Å². The molecule has 2 aliphatic rings. The second-order valence-electron chi connectivity index (χ2n) is 8.81. The largest absolute Gasteiger partial charge is 0.456 e. The van der Waals surface area contributed by atoms with Crippen LogP contribution in [0.25, 0.3) is 0 Å². The summed E-state index contributed by atoms with van der Waals surface area (Å²) in [4.78, 5) is 38.7. The Labute approximate surface area is 206 Å². The van der Waals surface area contributed by atoms with E-state index in [1.807, 2.05) is 26.0 Å². The predicted molar refractivity (Wildman–Crippen MR) is 128 cm³/mol. The summed E-state index contributed by atoms with van der Waals surface area (Å²) in [6, 6.07) is 9.13. The maximum absolute atomic E-state index is 13.2. The minimum atomic E-state index is -0.829. The van der Waals surface area contributed by atoms with Gasteiger partial charge in [0.25, 0.3) is 5.69 Å². The Hall–Kier alpha value is -3.31. The summed E-state index contributed by atoms with van der Waals surface area (Å²) in [5.74, 6) is -1.65. The lowest BCUT2D eigenvalue weighted by Crippen LogP contribution is -2.63. The Balaban J connectivity index is 1.54. The zero-order valence-electron chi connectivity index (χ0n) is 19.5. The van der Waals surface area contributed by atoms with Gasteiger partial charge in [0.1, 0.15) is 12.3 Å². The lowest BCUT2D eigenvalue weighted by molar-refractivity contribution is -0.384. The summed E-state index contributed by atoms with van der Waals surface area (Å²) < 4.78 is 5.53. The van der Waals surface area contributed by atoms with Gasteiger partial charge in [-0.2, -0.15) is 10.2 Å². The number of rotatable bonds is 9. The van der Waals surface area contributed by atoms with E-state index in [0.29, 0.717) is 12.0 Å². The highest BCUT2D eigenvalue weighted by molar-refractivity contribution is 8.03. The lowest BCUT2D eigenvalue weighted by atomic mass is 9.79. The second kappa shape index (κ2) is 10.1. The summed E-state index contributed by atoms with van der Waals surface area (Å²) in [5.41, 5.74) is 1.57. The van der Waals surface area contributed by atoms with Crippen molar-refractivity contribution in [2.75, 3.05) is 0 Å². The van der Waals surface area contributed by atoms with Gasteiger partial charge in [-0.1, -0.05) is 13.8 Å². The molecule has 184 valence electrons. The number of ether oxygens (including phenoxy) is 1. The number of nitro benzene ring substituents is 1. The molecule has 3 heterocycles. The normalized spacial score (nSPS) is 22.9. The van der Waals surface area contributed by atoms with Gasteiger partial charge in [0.15, 0.2) is 0 Å². The maximum atomic E-state index is 13.2. The van der Waals surface area contributed by atoms with Gasteiger partial charge in [-0.3, -0.25) is 14.9 Å². The summed E-state index contributed by atoms with van der Waals surface area (Å²) in [7, 11) is 0. The van der Waals surface area contributed by atoms with Gasteiger partial charge in [0.05, 0.1) is 28.7 Å². The number of amides is 1. The van der Waals surface area contributed by atoms with Crippen LogP contribution in [0.15, 0.2) is 53.2 Å². The zero-order chi connectivity index (χ0) is 25.3. The summed E-state index contributed by atoms with van der Waals surface area (Å²) in [6.45, 7) is 5.46. The highest BCUT2D eigenvalue weighted by Gasteiger charge is 2.60. The number of hydrogen-bond donors (Lipinski definition) is 1. The molecule has 1 amide bonds. The molecule has 0 radical (unpaired) electrons. The van der Waals surface area contributed by atoms with Crippen LogP contribution < -0.4 is 0 Å². The van der Waals surface area contributed by atoms with Gasteiger partial charge in [0, 0.05) is 40.8 Å². The van der Waals surface area contributed by atoms with Crippen molar-refractivity contribution in [1.82, 2.24) is 15.1 Å². The number of non-ortho nitro benzene ring substituents is 1. The molecule has 5 atom stereocenters. The Morgan fingerprint density at radius 2 is 2.00 bits per heavy atom. The van der Waals surface area contributed by atoms with Gasteiger partial charge < -0.3 is 14.7 Å². The molecule has 1 aromatic heterocycles. The fourth-order valence-corrected chi connectivity index (χ4v) is 5.93. The number of nitrogens with zero attached hydrogens (tertiary/aromatic N) is 4. The Morgan fingerprint density at radius 1 is 1.29 bits per heavy atom. The molecule has 35 heavy (non-hydrogen) atoms. The van der Waals surface area contributed by atoms with E-state index < -0.39 is 22.9 Å². The van der Waals surface area contributed by atoms with E-state index in [9.17, 15) is 24.8 Å². The van der Waals surface area contributed by atoms with Gasteiger partial charge in [-0.05, 0) is 36.8 Å². The Morgan fingerprint density at radius 3 is 2.60 bits per heavy atom. The zero-order valence-corrected chi connectivity index (χ0v) is 20.3. The molecule has 1 saturated heterocycles. The highest BCUT2D eigenvalue weighted by Crippen LogP contribution is 2.51. The van der Waals surface area contributed by atoms with Crippen molar-refractivity contribution in [3.63, 3.8) is 0 Å². The molecular formula is C24H26N4O6S. The molecule has 1 unspecified atom stereocenters. The predicted octanol–water partition coefficient (Wildman–Crippen LogP) is 2.86. The molecule has 0 bridgehead atoms. The minimum Gasteiger partial charge on any atom is -0.456 e. The van der Waals surface area contributed by atoms with Crippen LogP contribution >= 0.6 is 11.8 Å². The molecule has 10 nitrogen and oxygen atoms in total. The molecule has 2 aromatic rings. The van der Waals surface area contributed by atoms with Crippen LogP contribution in [0.3, 0.4) is 0 Å². The minimum absolute atomic E-state index is 0.0421. The van der Waals surface area contributed by atoms with Crippen molar-refractivity contribution >= 4 is 29.3 Å². The first-order chi connectivity index (χ1) is 16.7. The first kappa shape index (κ1) is 24.8. The number of thioether (sulfide) groups is 1. The first-order valence-electron chi connectivity index (χ1n) is 11.3. The van der Waals surface area contributed by atoms with Crippen molar-refractivity contribution in [3.05, 3.63) is 74.6 Å². The molecule has 0 aliphatic carbocycles. The molecule has 2 aliphatic heterocycles. The molecule has 0 saturated carbocycles. The number of aliphatic hydroxyl groups excluding tert-OH is 1.